The molecule has 4 N–H and O–H groups in total. The summed E-state index contributed by atoms with van der Waals surface area (Å²) >= 11 is 0. The summed E-state index contributed by atoms with van der Waals surface area (Å²) in [6.45, 7) is 6.00. The third kappa shape index (κ3) is 3.37. The summed E-state index contributed by atoms with van der Waals surface area (Å²) in [5.74, 6) is 0.748. The summed E-state index contributed by atoms with van der Waals surface area (Å²) < 4.78 is 0. The lowest BCUT2D eigenvalue weighted by Gasteiger charge is -2.09. The van der Waals surface area contributed by atoms with E-state index in [1.807, 2.05) is 0 Å². The van der Waals surface area contributed by atoms with Crippen molar-refractivity contribution in [1.82, 2.24) is 15.0 Å². The van der Waals surface area contributed by atoms with Crippen molar-refractivity contribution in [3.63, 3.8) is 0 Å². The molecule has 13 heavy (non-hydrogen) atoms. The average Bonchev–Trinajstić information content (AvgIpc) is 2.06. The highest BCUT2D eigenvalue weighted by molar-refractivity contribution is 5.37. The Kier molecular flexibility index (Phi) is 4.21. The van der Waals surface area contributed by atoms with Crippen molar-refractivity contribution in [3.8, 4) is 0 Å². The van der Waals surface area contributed by atoms with E-state index < -0.39 is 0 Å². The molecule has 0 fully saturated rings. The fraction of sp³-hybridized carbons (Fsp3) is 0.286. The number of hydrogen-bond donors (Lipinski definition) is 2. The van der Waals surface area contributed by atoms with Crippen molar-refractivity contribution in [2.45, 2.75) is 0 Å². The maximum atomic E-state index is 5.33. The average molecular weight is 182 g/mol. The third-order valence-corrected chi connectivity index (χ3v) is 1.06. The van der Waals surface area contributed by atoms with Gasteiger partial charge in [0, 0.05) is 14.1 Å². The zero-order chi connectivity index (χ0) is 10.4. The molecule has 0 saturated heterocycles. The lowest BCUT2D eigenvalue weighted by molar-refractivity contribution is 0.973. The number of anilines is 3. The molecule has 1 aromatic rings. The van der Waals surface area contributed by atoms with Crippen molar-refractivity contribution in [3.05, 3.63) is 13.2 Å². The van der Waals surface area contributed by atoms with Crippen molar-refractivity contribution in [1.29, 1.82) is 0 Å². The fourth-order valence-corrected chi connectivity index (χ4v) is 0.597. The number of nitrogens with zero attached hydrogens (tertiary/aromatic N) is 4. The van der Waals surface area contributed by atoms with Crippen LogP contribution < -0.4 is 16.4 Å². The molecule has 0 aromatic carbocycles. The molecule has 0 spiro atoms. The van der Waals surface area contributed by atoms with E-state index in [2.05, 4.69) is 28.1 Å². The predicted molar refractivity (Wildman–Crippen MR) is 54.2 cm³/mol. The number of aromatic nitrogens is 3. The highest BCUT2D eigenvalue weighted by Gasteiger charge is 2.01. The van der Waals surface area contributed by atoms with E-state index in [0.29, 0.717) is 5.95 Å². The lowest BCUT2D eigenvalue weighted by Crippen LogP contribution is -2.15. The Morgan fingerprint density at radius 3 is 1.69 bits per heavy atom. The molecule has 0 aliphatic rings. The molecule has 6 nitrogen and oxygen atoms in total. The maximum absolute atomic E-state index is 5.33. The second-order valence-electron chi connectivity index (χ2n) is 2.25. The quantitative estimate of drug-likeness (QED) is 0.589. The molecule has 72 valence electrons. The molecule has 0 radical (unpaired) electrons. The highest BCUT2D eigenvalue weighted by atomic mass is 15.3. The Labute approximate surface area is 77.3 Å². The van der Waals surface area contributed by atoms with Gasteiger partial charge in [-0.25, -0.2) is 0 Å². The van der Waals surface area contributed by atoms with Gasteiger partial charge in [0.1, 0.15) is 0 Å². The number of nitrogens with two attached hydrogens (primary N) is 2. The molecule has 6 heteroatoms. The molecule has 0 unspecified atom stereocenters. The topological polar surface area (TPSA) is 94.0 Å². The van der Waals surface area contributed by atoms with Gasteiger partial charge in [0.2, 0.25) is 17.8 Å². The molecule has 1 aromatic heterocycles. The van der Waals surface area contributed by atoms with E-state index in [0.717, 1.165) is 0 Å². The van der Waals surface area contributed by atoms with Crippen LogP contribution in [-0.2, 0) is 0 Å². The summed E-state index contributed by atoms with van der Waals surface area (Å²) in [6.07, 6.45) is 0. The van der Waals surface area contributed by atoms with Crippen LogP contribution in [-0.4, -0.2) is 29.0 Å². The van der Waals surface area contributed by atoms with Gasteiger partial charge in [-0.3, -0.25) is 0 Å². The summed E-state index contributed by atoms with van der Waals surface area (Å²) in [5.41, 5.74) is 10.7. The maximum Gasteiger partial charge on any atom is 0.231 e. The molecule has 0 atom stereocenters. The summed E-state index contributed by atoms with van der Waals surface area (Å²) in [5, 5.41) is 0. The molecule has 0 saturated carbocycles. The molecule has 1 rings (SSSR count). The monoisotopic (exact) mass is 182 g/mol. The van der Waals surface area contributed by atoms with Gasteiger partial charge >= 0.3 is 0 Å². The normalized spacial score (nSPS) is 8.46. The summed E-state index contributed by atoms with van der Waals surface area (Å²) in [6, 6.07) is 0. The van der Waals surface area contributed by atoms with Gasteiger partial charge in [0.15, 0.2) is 0 Å². The predicted octanol–water partition coefficient (Wildman–Crippen LogP) is -0.0958. The second kappa shape index (κ2) is 4.91. The van der Waals surface area contributed by atoms with Crippen LogP contribution in [0.4, 0.5) is 17.8 Å². The molecular formula is C7H14N6. The first-order chi connectivity index (χ1) is 6.09. The first-order valence-corrected chi connectivity index (χ1v) is 3.54. The van der Waals surface area contributed by atoms with Gasteiger partial charge in [-0.1, -0.05) is 0 Å². The van der Waals surface area contributed by atoms with Crippen molar-refractivity contribution < 1.29 is 0 Å². The summed E-state index contributed by atoms with van der Waals surface area (Å²) in [7, 11) is 3.60. The SMILES string of the molecule is C=C.CN(C)c1nc(N)nc(N)n1. The summed E-state index contributed by atoms with van der Waals surface area (Å²) in [4.78, 5) is 13.0. The smallest absolute Gasteiger partial charge is 0.231 e. The largest absolute Gasteiger partial charge is 0.368 e. The van der Waals surface area contributed by atoms with E-state index in [1.54, 1.807) is 19.0 Å². The van der Waals surface area contributed by atoms with Crippen LogP contribution in [0.1, 0.15) is 0 Å². The molecule has 0 bridgehead atoms. The Bertz CT molecular complexity index is 251. The molecular weight excluding hydrogens is 168 g/mol. The number of hydrogen-bond acceptors (Lipinski definition) is 6. The van der Waals surface area contributed by atoms with Crippen molar-refractivity contribution in [2.75, 3.05) is 30.5 Å². The van der Waals surface area contributed by atoms with Crippen LogP contribution in [0.2, 0.25) is 0 Å². The Morgan fingerprint density at radius 1 is 1.00 bits per heavy atom. The van der Waals surface area contributed by atoms with E-state index in [9.17, 15) is 0 Å². The van der Waals surface area contributed by atoms with Crippen LogP contribution in [0.15, 0.2) is 13.2 Å². The zero-order valence-electron chi connectivity index (χ0n) is 7.86. The van der Waals surface area contributed by atoms with Gasteiger partial charge in [0.25, 0.3) is 0 Å². The van der Waals surface area contributed by atoms with E-state index >= 15 is 0 Å². The minimum atomic E-state index is 0.140. The van der Waals surface area contributed by atoms with Gasteiger partial charge in [-0.15, -0.1) is 13.2 Å². The van der Waals surface area contributed by atoms with Gasteiger partial charge in [-0.05, 0) is 0 Å². The van der Waals surface area contributed by atoms with E-state index in [1.165, 1.54) is 0 Å². The second-order valence-corrected chi connectivity index (χ2v) is 2.25. The van der Waals surface area contributed by atoms with E-state index in [4.69, 9.17) is 11.5 Å². The number of nitrogen functional groups attached to an aromatic ring is 2. The minimum absolute atomic E-state index is 0.140. The van der Waals surface area contributed by atoms with E-state index in [-0.39, 0.29) is 11.9 Å². The zero-order valence-corrected chi connectivity index (χ0v) is 7.86. The lowest BCUT2D eigenvalue weighted by atomic mass is 10.8. The van der Waals surface area contributed by atoms with Gasteiger partial charge in [0.05, 0.1) is 0 Å². The fourth-order valence-electron chi connectivity index (χ4n) is 0.597. The Balaban J connectivity index is 0.000000671. The first kappa shape index (κ1) is 11.2. The standard InChI is InChI=1S/C5H10N6.C2H4/c1-11(2)5-9-3(6)8-4(7)10-5;1-2/h1-2H3,(H4,6,7,8,9,10);1-2H2. The number of rotatable bonds is 1. The van der Waals surface area contributed by atoms with Crippen LogP contribution in [0.3, 0.4) is 0 Å². The van der Waals surface area contributed by atoms with Crippen molar-refractivity contribution >= 4 is 17.8 Å². The molecule has 0 aliphatic carbocycles. The first-order valence-electron chi connectivity index (χ1n) is 3.54. The van der Waals surface area contributed by atoms with Crippen LogP contribution in [0.25, 0.3) is 0 Å². The Morgan fingerprint density at radius 2 is 1.38 bits per heavy atom. The van der Waals surface area contributed by atoms with Gasteiger partial charge < -0.3 is 16.4 Å². The molecule has 0 aliphatic heterocycles. The Hall–Kier alpha value is -1.85. The molecule has 0 amide bonds. The van der Waals surface area contributed by atoms with Crippen molar-refractivity contribution in [2.24, 2.45) is 0 Å². The van der Waals surface area contributed by atoms with Crippen LogP contribution in [0.5, 0.6) is 0 Å². The minimum Gasteiger partial charge on any atom is -0.368 e. The highest BCUT2D eigenvalue weighted by Crippen LogP contribution is 2.05. The van der Waals surface area contributed by atoms with Crippen LogP contribution >= 0.6 is 0 Å². The third-order valence-electron chi connectivity index (χ3n) is 1.06. The van der Waals surface area contributed by atoms with Crippen LogP contribution in [0, 0.1) is 0 Å². The van der Waals surface area contributed by atoms with Gasteiger partial charge in [-0.2, -0.15) is 15.0 Å². The molecule has 1 heterocycles.